The Morgan fingerprint density at radius 2 is 2.28 bits per heavy atom. The summed E-state index contributed by atoms with van der Waals surface area (Å²) in [7, 11) is 3.08. The minimum Gasteiger partial charge on any atom is -0.389 e. The lowest BCUT2D eigenvalue weighted by Gasteiger charge is -2.20. The van der Waals surface area contributed by atoms with Gasteiger partial charge in [0, 0.05) is 20.7 Å². The van der Waals surface area contributed by atoms with Crippen molar-refractivity contribution in [1.82, 2.24) is 4.90 Å². The molecule has 1 N–H and O–H groups in total. The van der Waals surface area contributed by atoms with Crippen LogP contribution in [0.5, 0.6) is 0 Å². The quantitative estimate of drug-likeness (QED) is 0.819. The van der Waals surface area contributed by atoms with Crippen LogP contribution in [0.25, 0.3) is 0 Å². The van der Waals surface area contributed by atoms with Crippen LogP contribution in [0, 0.1) is 5.82 Å². The Labute approximate surface area is 106 Å². The third-order valence-corrected chi connectivity index (χ3v) is 2.51. The van der Waals surface area contributed by atoms with E-state index in [0.717, 1.165) is 0 Å². The highest BCUT2D eigenvalue weighted by molar-refractivity contribution is 5.78. The molecule has 1 rings (SSSR count). The number of amides is 1. The van der Waals surface area contributed by atoms with Gasteiger partial charge in [0.2, 0.25) is 5.91 Å². The number of aliphatic hydroxyl groups excluding tert-OH is 1. The van der Waals surface area contributed by atoms with Gasteiger partial charge in [-0.2, -0.15) is 0 Å². The molecule has 0 bridgehead atoms. The third-order valence-electron chi connectivity index (χ3n) is 2.51. The summed E-state index contributed by atoms with van der Waals surface area (Å²) in [5.74, 6) is -0.530. The predicted molar refractivity (Wildman–Crippen MR) is 65.6 cm³/mol. The number of carbonyl (C=O) groups is 1. The van der Waals surface area contributed by atoms with Gasteiger partial charge in [0.1, 0.15) is 5.82 Å². The van der Waals surface area contributed by atoms with Crippen molar-refractivity contribution in [2.75, 3.05) is 27.3 Å². The molecule has 1 amide bonds. The van der Waals surface area contributed by atoms with Gasteiger partial charge in [-0.15, -0.1) is 0 Å². The van der Waals surface area contributed by atoms with Gasteiger partial charge < -0.3 is 14.7 Å². The molecule has 0 saturated carbocycles. The molecular weight excluding hydrogens is 237 g/mol. The zero-order chi connectivity index (χ0) is 13.5. The van der Waals surface area contributed by atoms with E-state index in [0.29, 0.717) is 5.56 Å². The molecule has 0 aromatic heterocycles. The highest BCUT2D eigenvalue weighted by Gasteiger charge is 2.14. The molecule has 1 aromatic carbocycles. The molecule has 0 fully saturated rings. The van der Waals surface area contributed by atoms with Crippen molar-refractivity contribution < 1.29 is 19.0 Å². The third kappa shape index (κ3) is 4.81. The van der Waals surface area contributed by atoms with Crippen molar-refractivity contribution in [3.8, 4) is 0 Å². The van der Waals surface area contributed by atoms with Gasteiger partial charge in [0.25, 0.3) is 0 Å². The summed E-state index contributed by atoms with van der Waals surface area (Å²) < 4.78 is 17.7. The Morgan fingerprint density at radius 1 is 1.56 bits per heavy atom. The maximum absolute atomic E-state index is 12.9. The van der Waals surface area contributed by atoms with Crippen molar-refractivity contribution in [2.45, 2.75) is 12.5 Å². The van der Waals surface area contributed by atoms with Crippen LogP contribution in [0.2, 0.25) is 0 Å². The van der Waals surface area contributed by atoms with E-state index < -0.39 is 6.10 Å². The monoisotopic (exact) mass is 255 g/mol. The van der Waals surface area contributed by atoms with E-state index in [4.69, 9.17) is 4.74 Å². The molecule has 1 atom stereocenters. The van der Waals surface area contributed by atoms with Gasteiger partial charge in [-0.05, 0) is 17.7 Å². The zero-order valence-electron chi connectivity index (χ0n) is 10.6. The summed E-state index contributed by atoms with van der Waals surface area (Å²) in [6, 6.07) is 5.93. The molecule has 4 nitrogen and oxygen atoms in total. The van der Waals surface area contributed by atoms with Crippen LogP contribution < -0.4 is 0 Å². The fourth-order valence-corrected chi connectivity index (χ4v) is 1.62. The first-order chi connectivity index (χ1) is 8.52. The summed E-state index contributed by atoms with van der Waals surface area (Å²) in [5.41, 5.74) is 0.619. The van der Waals surface area contributed by atoms with Gasteiger partial charge in [0.15, 0.2) is 0 Å². The van der Waals surface area contributed by atoms with Gasteiger partial charge in [-0.1, -0.05) is 12.1 Å². The second-order valence-corrected chi connectivity index (χ2v) is 4.19. The Kier molecular flexibility index (Phi) is 5.74. The van der Waals surface area contributed by atoms with Crippen molar-refractivity contribution >= 4 is 5.91 Å². The highest BCUT2D eigenvalue weighted by Crippen LogP contribution is 2.06. The summed E-state index contributed by atoms with van der Waals surface area (Å²) in [4.78, 5) is 13.2. The normalized spacial score (nSPS) is 12.2. The van der Waals surface area contributed by atoms with Crippen LogP contribution in [-0.2, 0) is 16.0 Å². The first-order valence-corrected chi connectivity index (χ1v) is 5.68. The first kappa shape index (κ1) is 14.6. The topological polar surface area (TPSA) is 49.8 Å². The molecule has 0 radical (unpaired) electrons. The number of benzene rings is 1. The molecule has 0 aliphatic carbocycles. The van der Waals surface area contributed by atoms with E-state index in [1.54, 1.807) is 19.2 Å². The Hall–Kier alpha value is -1.46. The summed E-state index contributed by atoms with van der Waals surface area (Å²) in [5, 5.41) is 9.50. The van der Waals surface area contributed by atoms with Gasteiger partial charge in [0.05, 0.1) is 19.1 Å². The van der Waals surface area contributed by atoms with Crippen LogP contribution in [0.15, 0.2) is 24.3 Å². The van der Waals surface area contributed by atoms with Gasteiger partial charge in [-0.3, -0.25) is 4.79 Å². The van der Waals surface area contributed by atoms with Crippen LogP contribution >= 0.6 is 0 Å². The summed E-state index contributed by atoms with van der Waals surface area (Å²) in [6.45, 7) is 0.375. The van der Waals surface area contributed by atoms with Crippen molar-refractivity contribution in [2.24, 2.45) is 0 Å². The number of aliphatic hydroxyl groups is 1. The SMILES string of the molecule is COCC(O)CN(C)C(=O)Cc1cccc(F)c1. The van der Waals surface area contributed by atoms with E-state index in [-0.39, 0.29) is 31.3 Å². The largest absolute Gasteiger partial charge is 0.389 e. The number of carbonyl (C=O) groups excluding carboxylic acids is 1. The second-order valence-electron chi connectivity index (χ2n) is 4.19. The molecule has 0 heterocycles. The molecule has 1 aromatic rings. The maximum atomic E-state index is 12.9. The number of ether oxygens (including phenoxy) is 1. The minimum absolute atomic E-state index is 0.119. The van der Waals surface area contributed by atoms with Crippen LogP contribution in [0.3, 0.4) is 0 Å². The molecule has 0 aliphatic heterocycles. The Bertz CT molecular complexity index is 398. The Morgan fingerprint density at radius 3 is 2.89 bits per heavy atom. The number of nitrogens with zero attached hydrogens (tertiary/aromatic N) is 1. The highest BCUT2D eigenvalue weighted by atomic mass is 19.1. The van der Waals surface area contributed by atoms with E-state index in [2.05, 4.69) is 0 Å². The number of likely N-dealkylation sites (N-methyl/N-ethyl adjacent to an activating group) is 1. The summed E-state index contributed by atoms with van der Waals surface area (Å²) >= 11 is 0. The number of hydrogen-bond acceptors (Lipinski definition) is 3. The zero-order valence-corrected chi connectivity index (χ0v) is 10.6. The number of hydrogen-bond donors (Lipinski definition) is 1. The second kappa shape index (κ2) is 7.08. The van der Waals surface area contributed by atoms with Crippen molar-refractivity contribution in [1.29, 1.82) is 0 Å². The molecule has 0 aliphatic rings. The van der Waals surface area contributed by atoms with E-state index in [1.165, 1.54) is 24.1 Å². The van der Waals surface area contributed by atoms with Gasteiger partial charge in [-0.25, -0.2) is 4.39 Å². The van der Waals surface area contributed by atoms with Gasteiger partial charge >= 0.3 is 0 Å². The minimum atomic E-state index is -0.712. The molecule has 0 spiro atoms. The molecular formula is C13H18FNO3. The lowest BCUT2D eigenvalue weighted by molar-refractivity contribution is -0.130. The van der Waals surface area contributed by atoms with Crippen molar-refractivity contribution in [3.05, 3.63) is 35.6 Å². The average Bonchev–Trinajstić information content (AvgIpc) is 2.29. The molecule has 1 unspecified atom stereocenters. The smallest absolute Gasteiger partial charge is 0.226 e. The fraction of sp³-hybridized carbons (Fsp3) is 0.462. The van der Waals surface area contributed by atoms with Crippen LogP contribution in [0.1, 0.15) is 5.56 Å². The fourth-order valence-electron chi connectivity index (χ4n) is 1.62. The molecule has 100 valence electrons. The van der Waals surface area contributed by atoms with Crippen LogP contribution in [-0.4, -0.2) is 49.3 Å². The van der Waals surface area contributed by atoms with E-state index in [9.17, 15) is 14.3 Å². The maximum Gasteiger partial charge on any atom is 0.226 e. The molecule has 18 heavy (non-hydrogen) atoms. The van der Waals surface area contributed by atoms with E-state index in [1.807, 2.05) is 0 Å². The van der Waals surface area contributed by atoms with E-state index >= 15 is 0 Å². The number of methoxy groups -OCH3 is 1. The first-order valence-electron chi connectivity index (χ1n) is 5.68. The average molecular weight is 255 g/mol. The number of halogens is 1. The lowest BCUT2D eigenvalue weighted by Crippen LogP contribution is -2.37. The molecule has 5 heteroatoms. The van der Waals surface area contributed by atoms with Crippen LogP contribution in [0.4, 0.5) is 4.39 Å². The standard InChI is InChI=1S/C13H18FNO3/c1-15(8-12(16)9-18-2)13(17)7-10-4-3-5-11(14)6-10/h3-6,12,16H,7-9H2,1-2H3. The van der Waals surface area contributed by atoms with Crippen molar-refractivity contribution in [3.63, 3.8) is 0 Å². The predicted octanol–water partition coefficient (Wildman–Crippen LogP) is 0.834. The molecule has 0 saturated heterocycles. The Balaban J connectivity index is 2.49. The lowest BCUT2D eigenvalue weighted by atomic mass is 10.1. The number of rotatable bonds is 6. The summed E-state index contributed by atoms with van der Waals surface area (Å²) in [6.07, 6.45) is -0.593.